The second-order valence-corrected chi connectivity index (χ2v) is 4.27. The molecule has 0 heterocycles. The Morgan fingerprint density at radius 2 is 2.00 bits per heavy atom. The smallest absolute Gasteiger partial charge is 0.323 e. The summed E-state index contributed by atoms with van der Waals surface area (Å²) < 4.78 is 0. The first-order chi connectivity index (χ1) is 6.43. The van der Waals surface area contributed by atoms with Crippen molar-refractivity contribution in [3.05, 3.63) is 0 Å². The Labute approximate surface area is 83.9 Å². The van der Waals surface area contributed by atoms with Crippen molar-refractivity contribution in [2.75, 3.05) is 6.54 Å². The zero-order valence-corrected chi connectivity index (χ0v) is 8.86. The van der Waals surface area contributed by atoms with Crippen molar-refractivity contribution in [1.82, 2.24) is 4.90 Å². The van der Waals surface area contributed by atoms with Crippen molar-refractivity contribution in [3.63, 3.8) is 0 Å². The van der Waals surface area contributed by atoms with E-state index in [0.29, 0.717) is 5.92 Å². The minimum absolute atomic E-state index is 0.00472. The first kappa shape index (κ1) is 11.0. The molecule has 0 spiro atoms. The summed E-state index contributed by atoms with van der Waals surface area (Å²) in [5, 5.41) is 8.66. The number of carbonyl (C=O) groups is 2. The van der Waals surface area contributed by atoms with E-state index in [-0.39, 0.29) is 24.4 Å². The molecule has 14 heavy (non-hydrogen) atoms. The van der Waals surface area contributed by atoms with Crippen molar-refractivity contribution in [1.29, 1.82) is 0 Å². The molecule has 2 atom stereocenters. The van der Waals surface area contributed by atoms with Gasteiger partial charge in [-0.25, -0.2) is 0 Å². The number of nitrogens with zero attached hydrogens (tertiary/aromatic N) is 1. The standard InChI is InChI=1S/C10H17NO3/c1-6(2)11(5-9(12)13)10(14)8-4-7(8)3/h6-8H,4-5H2,1-3H3,(H,12,13). The summed E-state index contributed by atoms with van der Waals surface area (Å²) in [6.45, 7) is 5.52. The summed E-state index contributed by atoms with van der Waals surface area (Å²) in [5.41, 5.74) is 0. The average molecular weight is 199 g/mol. The fourth-order valence-electron chi connectivity index (χ4n) is 1.54. The number of carbonyl (C=O) groups excluding carboxylic acids is 1. The molecule has 1 rings (SSSR count). The van der Waals surface area contributed by atoms with Crippen LogP contribution in [0.25, 0.3) is 0 Å². The third kappa shape index (κ3) is 2.47. The van der Waals surface area contributed by atoms with Crippen LogP contribution in [0.2, 0.25) is 0 Å². The van der Waals surface area contributed by atoms with Gasteiger partial charge in [-0.3, -0.25) is 9.59 Å². The van der Waals surface area contributed by atoms with Crippen molar-refractivity contribution in [2.45, 2.75) is 33.2 Å². The van der Waals surface area contributed by atoms with Crippen LogP contribution in [0.1, 0.15) is 27.2 Å². The molecule has 4 nitrogen and oxygen atoms in total. The number of hydrogen-bond donors (Lipinski definition) is 1. The lowest BCUT2D eigenvalue weighted by Crippen LogP contribution is -2.41. The molecule has 1 fully saturated rings. The number of amides is 1. The predicted molar refractivity (Wildman–Crippen MR) is 51.8 cm³/mol. The van der Waals surface area contributed by atoms with Gasteiger partial charge in [-0.15, -0.1) is 0 Å². The fraction of sp³-hybridized carbons (Fsp3) is 0.800. The van der Waals surface area contributed by atoms with E-state index in [0.717, 1.165) is 6.42 Å². The van der Waals surface area contributed by atoms with Gasteiger partial charge in [0.15, 0.2) is 0 Å². The second kappa shape index (κ2) is 3.98. The van der Waals surface area contributed by atoms with Crippen LogP contribution in [-0.2, 0) is 9.59 Å². The van der Waals surface area contributed by atoms with Gasteiger partial charge in [-0.2, -0.15) is 0 Å². The lowest BCUT2D eigenvalue weighted by atomic mass is 10.2. The SMILES string of the molecule is CC1CC1C(=O)N(CC(=O)O)C(C)C. The van der Waals surface area contributed by atoms with Crippen molar-refractivity contribution in [3.8, 4) is 0 Å². The first-order valence-electron chi connectivity index (χ1n) is 4.95. The normalized spacial score (nSPS) is 24.9. The summed E-state index contributed by atoms with van der Waals surface area (Å²) >= 11 is 0. The molecule has 1 aliphatic carbocycles. The molecule has 1 saturated carbocycles. The van der Waals surface area contributed by atoms with Gasteiger partial charge in [0.05, 0.1) is 0 Å². The van der Waals surface area contributed by atoms with Crippen LogP contribution < -0.4 is 0 Å². The molecule has 1 amide bonds. The van der Waals surface area contributed by atoms with E-state index in [9.17, 15) is 9.59 Å². The summed E-state index contributed by atoms with van der Waals surface area (Å²) in [5.74, 6) is -0.454. The van der Waals surface area contributed by atoms with Crippen LogP contribution in [0.5, 0.6) is 0 Å². The van der Waals surface area contributed by atoms with Crippen molar-refractivity contribution < 1.29 is 14.7 Å². The lowest BCUT2D eigenvalue weighted by Gasteiger charge is -2.24. The van der Waals surface area contributed by atoms with E-state index < -0.39 is 5.97 Å². The molecule has 0 aliphatic heterocycles. The summed E-state index contributed by atoms with van der Waals surface area (Å²) in [7, 11) is 0. The van der Waals surface area contributed by atoms with Gasteiger partial charge in [0, 0.05) is 12.0 Å². The van der Waals surface area contributed by atoms with Gasteiger partial charge >= 0.3 is 5.97 Å². The second-order valence-electron chi connectivity index (χ2n) is 4.27. The average Bonchev–Trinajstić information content (AvgIpc) is 2.76. The Kier molecular flexibility index (Phi) is 3.13. The molecule has 80 valence electrons. The molecular weight excluding hydrogens is 182 g/mol. The Bertz CT molecular complexity index is 250. The Morgan fingerprint density at radius 1 is 1.50 bits per heavy atom. The van der Waals surface area contributed by atoms with Crippen LogP contribution >= 0.6 is 0 Å². The quantitative estimate of drug-likeness (QED) is 0.733. The number of aliphatic carboxylic acids is 1. The van der Waals surface area contributed by atoms with E-state index in [1.54, 1.807) is 0 Å². The van der Waals surface area contributed by atoms with Crippen molar-refractivity contribution in [2.24, 2.45) is 11.8 Å². The summed E-state index contributed by atoms with van der Waals surface area (Å²) in [6.07, 6.45) is 0.904. The molecule has 4 heteroatoms. The fourth-order valence-corrected chi connectivity index (χ4v) is 1.54. The number of carboxylic acids is 1. The highest BCUT2D eigenvalue weighted by atomic mass is 16.4. The topological polar surface area (TPSA) is 57.6 Å². The van der Waals surface area contributed by atoms with E-state index in [4.69, 9.17) is 5.11 Å². The maximum atomic E-state index is 11.8. The third-order valence-electron chi connectivity index (χ3n) is 2.64. The molecule has 0 aromatic heterocycles. The Balaban J connectivity index is 2.58. The molecule has 0 bridgehead atoms. The Morgan fingerprint density at radius 3 is 2.29 bits per heavy atom. The highest BCUT2D eigenvalue weighted by Gasteiger charge is 2.42. The molecule has 0 aromatic carbocycles. The van der Waals surface area contributed by atoms with Crippen LogP contribution in [0.15, 0.2) is 0 Å². The first-order valence-corrected chi connectivity index (χ1v) is 4.95. The number of rotatable bonds is 4. The number of carboxylic acid groups (broad SMARTS) is 1. The molecule has 0 aromatic rings. The zero-order chi connectivity index (χ0) is 10.9. The molecule has 2 unspecified atom stereocenters. The molecule has 0 saturated heterocycles. The largest absolute Gasteiger partial charge is 0.480 e. The highest BCUT2D eigenvalue weighted by molar-refractivity contribution is 5.85. The van der Waals surface area contributed by atoms with Crippen LogP contribution in [0, 0.1) is 11.8 Å². The molecule has 0 radical (unpaired) electrons. The third-order valence-corrected chi connectivity index (χ3v) is 2.64. The zero-order valence-electron chi connectivity index (χ0n) is 8.86. The summed E-state index contributed by atoms with van der Waals surface area (Å²) in [6, 6.07) is -0.0357. The highest BCUT2D eigenvalue weighted by Crippen LogP contribution is 2.39. The monoisotopic (exact) mass is 199 g/mol. The molecule has 1 aliphatic rings. The van der Waals surface area contributed by atoms with Gasteiger partial charge in [0.25, 0.3) is 0 Å². The van der Waals surface area contributed by atoms with Crippen LogP contribution in [0.4, 0.5) is 0 Å². The van der Waals surface area contributed by atoms with Crippen LogP contribution in [-0.4, -0.2) is 34.5 Å². The van der Waals surface area contributed by atoms with Gasteiger partial charge in [-0.1, -0.05) is 6.92 Å². The van der Waals surface area contributed by atoms with E-state index in [1.807, 2.05) is 20.8 Å². The van der Waals surface area contributed by atoms with Gasteiger partial charge in [-0.05, 0) is 26.2 Å². The van der Waals surface area contributed by atoms with Gasteiger partial charge < -0.3 is 10.0 Å². The minimum atomic E-state index is -0.944. The van der Waals surface area contributed by atoms with E-state index >= 15 is 0 Å². The van der Waals surface area contributed by atoms with Crippen LogP contribution in [0.3, 0.4) is 0 Å². The van der Waals surface area contributed by atoms with Gasteiger partial charge in [0.2, 0.25) is 5.91 Å². The maximum absolute atomic E-state index is 11.8. The maximum Gasteiger partial charge on any atom is 0.323 e. The molecular formula is C10H17NO3. The van der Waals surface area contributed by atoms with Crippen molar-refractivity contribution >= 4 is 11.9 Å². The van der Waals surface area contributed by atoms with Gasteiger partial charge in [0.1, 0.15) is 6.54 Å². The molecule has 1 N–H and O–H groups in total. The Hall–Kier alpha value is -1.06. The summed E-state index contributed by atoms with van der Waals surface area (Å²) in [4.78, 5) is 23.7. The van der Waals surface area contributed by atoms with E-state index in [2.05, 4.69) is 0 Å². The lowest BCUT2D eigenvalue weighted by molar-refractivity contribution is -0.146. The van der Waals surface area contributed by atoms with E-state index in [1.165, 1.54) is 4.90 Å². The minimum Gasteiger partial charge on any atom is -0.480 e. The predicted octanol–water partition coefficient (Wildman–Crippen LogP) is 0.964. The number of hydrogen-bond acceptors (Lipinski definition) is 2.